The van der Waals surface area contributed by atoms with E-state index in [0.717, 1.165) is 6.07 Å². The summed E-state index contributed by atoms with van der Waals surface area (Å²) in [4.78, 5) is 0. The highest BCUT2D eigenvalue weighted by Gasteiger charge is 2.34. The molecule has 1 atom stereocenters. The van der Waals surface area contributed by atoms with Crippen LogP contribution in [0.25, 0.3) is 10.9 Å². The number of rotatable bonds is 2. The average Bonchev–Trinajstić information content (AvgIpc) is 2.66. The van der Waals surface area contributed by atoms with Crippen molar-refractivity contribution in [2.45, 2.75) is 32.7 Å². The molecule has 0 spiro atoms. The Hall–Kier alpha value is -1.49. The lowest BCUT2D eigenvalue weighted by molar-refractivity contribution is -0.136. The maximum Gasteiger partial charge on any atom is 0.418 e. The van der Waals surface area contributed by atoms with Crippen LogP contribution in [0.3, 0.4) is 0 Å². The smallest absolute Gasteiger partial charge is 0.389 e. The van der Waals surface area contributed by atoms with Crippen molar-refractivity contribution >= 4 is 10.9 Å². The van der Waals surface area contributed by atoms with Gasteiger partial charge >= 0.3 is 6.18 Å². The van der Waals surface area contributed by atoms with Crippen LogP contribution >= 0.6 is 0 Å². The minimum Gasteiger partial charge on any atom is -0.389 e. The van der Waals surface area contributed by atoms with Crippen LogP contribution in [0.2, 0.25) is 0 Å². The summed E-state index contributed by atoms with van der Waals surface area (Å²) in [5.41, 5.74) is 0.00935. The predicted molar refractivity (Wildman–Crippen MR) is 63.2 cm³/mol. The maximum atomic E-state index is 13.0. The number of halogens is 3. The average molecular weight is 257 g/mol. The summed E-state index contributed by atoms with van der Waals surface area (Å²) < 4.78 is 40.4. The van der Waals surface area contributed by atoms with Gasteiger partial charge in [-0.05, 0) is 19.9 Å². The van der Waals surface area contributed by atoms with Crippen molar-refractivity contribution in [2.24, 2.45) is 0 Å². The van der Waals surface area contributed by atoms with Gasteiger partial charge in [0.2, 0.25) is 0 Å². The number of hydrogen-bond acceptors (Lipinski definition) is 1. The lowest BCUT2D eigenvalue weighted by Gasteiger charge is -2.11. The van der Waals surface area contributed by atoms with E-state index in [0.29, 0.717) is 17.5 Å². The van der Waals surface area contributed by atoms with Gasteiger partial charge in [0, 0.05) is 23.7 Å². The highest BCUT2D eigenvalue weighted by molar-refractivity contribution is 5.87. The Bertz CT molecular complexity index is 569. The van der Waals surface area contributed by atoms with E-state index in [1.165, 1.54) is 10.6 Å². The number of fused-ring (bicyclic) bond motifs is 1. The monoisotopic (exact) mass is 257 g/mol. The Morgan fingerprint density at radius 3 is 2.50 bits per heavy atom. The molecule has 0 aliphatic rings. The third kappa shape index (κ3) is 1.99. The van der Waals surface area contributed by atoms with Gasteiger partial charge in [0.15, 0.2) is 0 Å². The second-order valence-corrected chi connectivity index (χ2v) is 4.25. The van der Waals surface area contributed by atoms with Crippen LogP contribution in [-0.4, -0.2) is 9.67 Å². The Kier molecular flexibility index (Phi) is 3.11. The molecule has 0 saturated carbocycles. The lowest BCUT2D eigenvalue weighted by atomic mass is 10.1. The van der Waals surface area contributed by atoms with Crippen LogP contribution in [0.15, 0.2) is 24.4 Å². The number of aliphatic hydroxyl groups excluding tert-OH is 1. The molecule has 2 rings (SSSR count). The third-order valence-corrected chi connectivity index (χ3v) is 3.03. The molecule has 1 aromatic heterocycles. The molecule has 0 aliphatic heterocycles. The van der Waals surface area contributed by atoms with Gasteiger partial charge in [0.25, 0.3) is 0 Å². The second kappa shape index (κ2) is 4.31. The van der Waals surface area contributed by atoms with E-state index in [2.05, 4.69) is 0 Å². The van der Waals surface area contributed by atoms with Crippen molar-refractivity contribution < 1.29 is 18.3 Å². The molecule has 0 amide bonds. The summed E-state index contributed by atoms with van der Waals surface area (Å²) in [7, 11) is 0. The molecule has 2 aromatic rings. The zero-order valence-corrected chi connectivity index (χ0v) is 10.1. The van der Waals surface area contributed by atoms with Crippen molar-refractivity contribution in [3.63, 3.8) is 0 Å². The summed E-state index contributed by atoms with van der Waals surface area (Å²) in [5.74, 6) is 0. The van der Waals surface area contributed by atoms with Gasteiger partial charge in [-0.3, -0.25) is 0 Å². The molecule has 5 heteroatoms. The van der Waals surface area contributed by atoms with Crippen LogP contribution in [0.1, 0.15) is 31.1 Å². The number of alkyl halides is 3. The summed E-state index contributed by atoms with van der Waals surface area (Å²) in [5, 5.41) is 10.1. The number of benzene rings is 1. The maximum absolute atomic E-state index is 13.0. The van der Waals surface area contributed by atoms with E-state index in [9.17, 15) is 18.3 Å². The van der Waals surface area contributed by atoms with E-state index in [-0.39, 0.29) is 5.52 Å². The van der Waals surface area contributed by atoms with Crippen LogP contribution in [0.4, 0.5) is 13.2 Å². The minimum absolute atomic E-state index is 0.142. The SMILES string of the molecule is CCn1cc(C(C)O)c2cccc(C(F)(F)F)c21. The molecule has 0 fully saturated rings. The lowest BCUT2D eigenvalue weighted by Crippen LogP contribution is -2.08. The molecule has 98 valence electrons. The third-order valence-electron chi connectivity index (χ3n) is 3.03. The Labute approximate surface area is 103 Å². The molecule has 1 heterocycles. The summed E-state index contributed by atoms with van der Waals surface area (Å²) in [6.45, 7) is 3.75. The van der Waals surface area contributed by atoms with Gasteiger partial charge in [-0.2, -0.15) is 13.2 Å². The van der Waals surface area contributed by atoms with Crippen molar-refractivity contribution in [2.75, 3.05) is 0 Å². The van der Waals surface area contributed by atoms with Gasteiger partial charge in [-0.25, -0.2) is 0 Å². The molecule has 1 aromatic carbocycles. The first-order chi connectivity index (χ1) is 8.36. The molecule has 1 unspecified atom stereocenters. The van der Waals surface area contributed by atoms with Gasteiger partial charge in [0.05, 0.1) is 17.2 Å². The quantitative estimate of drug-likeness (QED) is 0.871. The molecule has 0 saturated heterocycles. The van der Waals surface area contributed by atoms with E-state index in [4.69, 9.17) is 0 Å². The predicted octanol–water partition coefficient (Wildman–Crippen LogP) is 3.73. The number of aliphatic hydroxyl groups is 1. The van der Waals surface area contributed by atoms with Gasteiger partial charge in [-0.15, -0.1) is 0 Å². The summed E-state index contributed by atoms with van der Waals surface area (Å²) >= 11 is 0. The molecule has 1 N–H and O–H groups in total. The van der Waals surface area contributed by atoms with Crippen molar-refractivity contribution in [3.05, 3.63) is 35.5 Å². The summed E-state index contributed by atoms with van der Waals surface area (Å²) in [6.07, 6.45) is -3.59. The Morgan fingerprint density at radius 1 is 1.33 bits per heavy atom. The molecule has 0 bridgehead atoms. The molecule has 0 radical (unpaired) electrons. The fourth-order valence-electron chi connectivity index (χ4n) is 2.20. The van der Waals surface area contributed by atoms with E-state index in [1.807, 2.05) is 0 Å². The van der Waals surface area contributed by atoms with Gasteiger partial charge in [-0.1, -0.05) is 12.1 Å². The molecular formula is C13H14F3NO. The second-order valence-electron chi connectivity index (χ2n) is 4.25. The number of aromatic nitrogens is 1. The number of hydrogen-bond donors (Lipinski definition) is 1. The molecule has 18 heavy (non-hydrogen) atoms. The first kappa shape index (κ1) is 13.0. The van der Waals surface area contributed by atoms with Crippen LogP contribution in [0, 0.1) is 0 Å². The highest BCUT2D eigenvalue weighted by Crippen LogP contribution is 2.37. The Morgan fingerprint density at radius 2 is 2.00 bits per heavy atom. The Balaban J connectivity index is 2.84. The topological polar surface area (TPSA) is 25.2 Å². The first-order valence-corrected chi connectivity index (χ1v) is 5.73. The van der Waals surface area contributed by atoms with Crippen molar-refractivity contribution in [1.29, 1.82) is 0 Å². The van der Waals surface area contributed by atoms with Crippen molar-refractivity contribution in [1.82, 2.24) is 4.57 Å². The van der Waals surface area contributed by atoms with Crippen LogP contribution in [-0.2, 0) is 12.7 Å². The summed E-state index contributed by atoms with van der Waals surface area (Å²) in [6, 6.07) is 4.05. The van der Waals surface area contributed by atoms with Crippen LogP contribution in [0.5, 0.6) is 0 Å². The number of nitrogens with zero attached hydrogens (tertiary/aromatic N) is 1. The fourth-order valence-corrected chi connectivity index (χ4v) is 2.20. The van der Waals surface area contributed by atoms with Crippen molar-refractivity contribution in [3.8, 4) is 0 Å². The number of para-hydroxylation sites is 1. The van der Waals surface area contributed by atoms with Gasteiger partial charge in [0.1, 0.15) is 0 Å². The molecule has 2 nitrogen and oxygen atoms in total. The zero-order valence-electron chi connectivity index (χ0n) is 10.1. The van der Waals surface area contributed by atoms with E-state index >= 15 is 0 Å². The van der Waals surface area contributed by atoms with Crippen LogP contribution < -0.4 is 0 Å². The minimum atomic E-state index is -4.39. The largest absolute Gasteiger partial charge is 0.418 e. The number of aryl methyl sites for hydroxylation is 1. The van der Waals surface area contributed by atoms with E-state index < -0.39 is 17.8 Å². The van der Waals surface area contributed by atoms with E-state index in [1.54, 1.807) is 26.1 Å². The first-order valence-electron chi connectivity index (χ1n) is 5.73. The fraction of sp³-hybridized carbons (Fsp3) is 0.385. The normalized spacial score (nSPS) is 14.1. The zero-order chi connectivity index (χ0) is 13.5. The highest BCUT2D eigenvalue weighted by atomic mass is 19.4. The molecule has 0 aliphatic carbocycles. The molecular weight excluding hydrogens is 243 g/mol. The standard InChI is InChI=1S/C13H14F3NO/c1-3-17-7-10(8(2)18)9-5-4-6-11(12(9)17)13(14,15)16/h4-8,18H,3H2,1-2H3. The van der Waals surface area contributed by atoms with Gasteiger partial charge < -0.3 is 9.67 Å².